The third-order valence-electron chi connectivity index (χ3n) is 2.07. The molecule has 3 heteroatoms. The molecule has 2 rings (SSSR count). The number of rotatable bonds is 1. The summed E-state index contributed by atoms with van der Waals surface area (Å²) >= 11 is 3.32. The Labute approximate surface area is 96.3 Å². The van der Waals surface area contributed by atoms with E-state index >= 15 is 0 Å². The van der Waals surface area contributed by atoms with Gasteiger partial charge in [0.05, 0.1) is 11.6 Å². The van der Waals surface area contributed by atoms with Gasteiger partial charge in [-0.3, -0.25) is 0 Å². The Bertz CT molecular complexity index is 512. The van der Waals surface area contributed by atoms with Gasteiger partial charge in [-0.1, -0.05) is 12.1 Å². The molecule has 0 N–H and O–H groups in total. The fraction of sp³-hybridized carbons (Fsp3) is 0. The van der Waals surface area contributed by atoms with E-state index in [0.29, 0.717) is 5.56 Å². The van der Waals surface area contributed by atoms with E-state index in [1.165, 1.54) is 0 Å². The molecule has 0 aliphatic carbocycles. The lowest BCUT2D eigenvalue weighted by Gasteiger charge is -2.01. The van der Waals surface area contributed by atoms with Crippen LogP contribution < -0.4 is 0 Å². The van der Waals surface area contributed by atoms with E-state index in [-0.39, 0.29) is 0 Å². The van der Waals surface area contributed by atoms with Crippen LogP contribution in [0.25, 0.3) is 11.1 Å². The zero-order chi connectivity index (χ0) is 10.7. The first-order chi connectivity index (χ1) is 7.29. The molecular formula is C12H7BrN2. The Balaban J connectivity index is 2.42. The predicted molar refractivity (Wildman–Crippen MR) is 62.1 cm³/mol. The summed E-state index contributed by atoms with van der Waals surface area (Å²) in [5, 5.41) is 8.68. The van der Waals surface area contributed by atoms with Crippen molar-refractivity contribution in [2.75, 3.05) is 0 Å². The second-order valence-corrected chi connectivity index (χ2v) is 3.87. The summed E-state index contributed by atoms with van der Waals surface area (Å²) in [6.45, 7) is 0. The summed E-state index contributed by atoms with van der Waals surface area (Å²) in [5.74, 6) is 0. The summed E-state index contributed by atoms with van der Waals surface area (Å²) in [6, 6.07) is 13.5. The lowest BCUT2D eigenvalue weighted by Crippen LogP contribution is -1.81. The first-order valence-corrected chi connectivity index (χ1v) is 5.21. The molecule has 2 nitrogen and oxygen atoms in total. The fourth-order valence-corrected chi connectivity index (χ4v) is 1.68. The van der Waals surface area contributed by atoms with Crippen molar-refractivity contribution < 1.29 is 0 Å². The molecular weight excluding hydrogens is 252 g/mol. The molecule has 0 atom stereocenters. The monoisotopic (exact) mass is 258 g/mol. The molecule has 0 unspecified atom stereocenters. The van der Waals surface area contributed by atoms with Crippen molar-refractivity contribution in [3.05, 3.63) is 52.8 Å². The van der Waals surface area contributed by atoms with Crippen LogP contribution in [0.2, 0.25) is 0 Å². The molecule has 0 fully saturated rings. The van der Waals surface area contributed by atoms with Crippen LogP contribution >= 0.6 is 15.9 Å². The molecule has 0 spiro atoms. The Kier molecular flexibility index (Phi) is 2.79. The minimum absolute atomic E-state index is 0.673. The Morgan fingerprint density at radius 1 is 1.07 bits per heavy atom. The molecule has 0 saturated carbocycles. The van der Waals surface area contributed by atoms with Gasteiger partial charge in [-0.15, -0.1) is 0 Å². The number of nitrogens with zero attached hydrogens (tertiary/aromatic N) is 2. The average Bonchev–Trinajstić information content (AvgIpc) is 2.29. The molecule has 0 aliphatic heterocycles. The van der Waals surface area contributed by atoms with Gasteiger partial charge >= 0.3 is 0 Å². The van der Waals surface area contributed by atoms with Crippen molar-refractivity contribution in [3.63, 3.8) is 0 Å². The molecule has 1 heterocycles. The predicted octanol–water partition coefficient (Wildman–Crippen LogP) is 3.38. The van der Waals surface area contributed by atoms with Crippen LogP contribution in [-0.2, 0) is 0 Å². The first-order valence-electron chi connectivity index (χ1n) is 4.42. The van der Waals surface area contributed by atoms with Crippen molar-refractivity contribution >= 4 is 15.9 Å². The molecule has 72 valence electrons. The van der Waals surface area contributed by atoms with Gasteiger partial charge in [-0.05, 0) is 51.3 Å². The molecule has 0 radical (unpaired) electrons. The number of hydrogen-bond acceptors (Lipinski definition) is 2. The van der Waals surface area contributed by atoms with Crippen LogP contribution in [0.3, 0.4) is 0 Å². The number of halogens is 1. The third-order valence-corrected chi connectivity index (χ3v) is 2.51. The van der Waals surface area contributed by atoms with Crippen molar-refractivity contribution in [3.8, 4) is 17.2 Å². The van der Waals surface area contributed by atoms with Gasteiger partial charge in [0.15, 0.2) is 0 Å². The molecule has 0 saturated heterocycles. The second-order valence-electron chi connectivity index (χ2n) is 3.06. The number of hydrogen-bond donors (Lipinski definition) is 0. The van der Waals surface area contributed by atoms with Gasteiger partial charge in [-0.25, -0.2) is 4.98 Å². The molecule has 1 aromatic heterocycles. The van der Waals surface area contributed by atoms with Gasteiger partial charge in [0.2, 0.25) is 0 Å². The summed E-state index contributed by atoms with van der Waals surface area (Å²) < 4.78 is 0.810. The van der Waals surface area contributed by atoms with Gasteiger partial charge in [0.1, 0.15) is 4.60 Å². The average molecular weight is 259 g/mol. The maximum Gasteiger partial charge on any atom is 0.106 e. The van der Waals surface area contributed by atoms with Crippen LogP contribution in [0.1, 0.15) is 5.56 Å². The maximum atomic E-state index is 8.68. The number of pyridine rings is 1. The smallest absolute Gasteiger partial charge is 0.106 e. The van der Waals surface area contributed by atoms with Crippen LogP contribution in [0.4, 0.5) is 0 Å². The zero-order valence-electron chi connectivity index (χ0n) is 7.81. The topological polar surface area (TPSA) is 36.7 Å². The van der Waals surface area contributed by atoms with Gasteiger partial charge in [0.25, 0.3) is 0 Å². The van der Waals surface area contributed by atoms with Crippen molar-refractivity contribution in [1.29, 1.82) is 5.26 Å². The standard InChI is InChI=1S/C12H7BrN2/c13-12-7-11(5-6-15-12)10-3-1-9(8-14)2-4-10/h1-7H. The third kappa shape index (κ3) is 2.23. The number of benzene rings is 1. The van der Waals surface area contributed by atoms with Gasteiger partial charge in [-0.2, -0.15) is 5.26 Å². The Hall–Kier alpha value is -1.66. The maximum absolute atomic E-state index is 8.68. The lowest BCUT2D eigenvalue weighted by atomic mass is 10.1. The van der Waals surface area contributed by atoms with E-state index < -0.39 is 0 Å². The SMILES string of the molecule is N#Cc1ccc(-c2ccnc(Br)c2)cc1. The lowest BCUT2D eigenvalue weighted by molar-refractivity contribution is 1.28. The van der Waals surface area contributed by atoms with E-state index in [9.17, 15) is 0 Å². The van der Waals surface area contributed by atoms with E-state index in [4.69, 9.17) is 5.26 Å². The molecule has 0 aliphatic rings. The van der Waals surface area contributed by atoms with E-state index in [0.717, 1.165) is 15.7 Å². The van der Waals surface area contributed by atoms with E-state index in [2.05, 4.69) is 27.0 Å². The van der Waals surface area contributed by atoms with Crippen LogP contribution in [0.15, 0.2) is 47.2 Å². The fourth-order valence-electron chi connectivity index (χ4n) is 1.32. The molecule has 0 amide bonds. The molecule has 1 aromatic carbocycles. The van der Waals surface area contributed by atoms with Crippen LogP contribution in [0, 0.1) is 11.3 Å². The zero-order valence-corrected chi connectivity index (χ0v) is 9.40. The van der Waals surface area contributed by atoms with Crippen LogP contribution in [0.5, 0.6) is 0 Å². The van der Waals surface area contributed by atoms with Crippen LogP contribution in [-0.4, -0.2) is 4.98 Å². The molecule has 2 aromatic rings. The van der Waals surface area contributed by atoms with E-state index in [1.807, 2.05) is 36.4 Å². The molecule has 15 heavy (non-hydrogen) atoms. The second kappa shape index (κ2) is 4.24. The van der Waals surface area contributed by atoms with Gasteiger partial charge < -0.3 is 0 Å². The largest absolute Gasteiger partial charge is 0.249 e. The highest BCUT2D eigenvalue weighted by atomic mass is 79.9. The summed E-state index contributed by atoms with van der Waals surface area (Å²) in [4.78, 5) is 4.06. The Morgan fingerprint density at radius 2 is 1.80 bits per heavy atom. The molecule has 0 bridgehead atoms. The quantitative estimate of drug-likeness (QED) is 0.736. The number of aromatic nitrogens is 1. The highest BCUT2D eigenvalue weighted by molar-refractivity contribution is 9.10. The summed E-state index contributed by atoms with van der Waals surface area (Å²) in [5.41, 5.74) is 2.84. The summed E-state index contributed by atoms with van der Waals surface area (Å²) in [7, 11) is 0. The Morgan fingerprint density at radius 3 is 2.40 bits per heavy atom. The minimum Gasteiger partial charge on any atom is -0.249 e. The van der Waals surface area contributed by atoms with Crippen molar-refractivity contribution in [2.45, 2.75) is 0 Å². The highest BCUT2D eigenvalue weighted by Crippen LogP contribution is 2.21. The normalized spacial score (nSPS) is 9.60. The first kappa shape index (κ1) is 9.88. The summed E-state index contributed by atoms with van der Waals surface area (Å²) in [6.07, 6.45) is 1.75. The van der Waals surface area contributed by atoms with Crippen molar-refractivity contribution in [2.24, 2.45) is 0 Å². The minimum atomic E-state index is 0.673. The highest BCUT2D eigenvalue weighted by Gasteiger charge is 1.98. The number of nitriles is 1. The van der Waals surface area contributed by atoms with Gasteiger partial charge in [0, 0.05) is 6.20 Å². The van der Waals surface area contributed by atoms with E-state index in [1.54, 1.807) is 6.20 Å². The van der Waals surface area contributed by atoms with Crippen molar-refractivity contribution in [1.82, 2.24) is 4.98 Å².